The van der Waals surface area contributed by atoms with Crippen LogP contribution < -0.4 is 19.9 Å². The number of para-hydroxylation sites is 1. The van der Waals surface area contributed by atoms with Crippen LogP contribution in [0.15, 0.2) is 77.7 Å². The maximum atomic E-state index is 13.2. The summed E-state index contributed by atoms with van der Waals surface area (Å²) in [5.41, 5.74) is 7.21. The molecule has 0 heterocycles. The molecule has 1 unspecified atom stereocenters. The van der Waals surface area contributed by atoms with E-state index in [4.69, 9.17) is 4.74 Å². The zero-order valence-corrected chi connectivity index (χ0v) is 20.9. The van der Waals surface area contributed by atoms with Gasteiger partial charge in [-0.15, -0.1) is 0 Å². The second-order valence-electron chi connectivity index (χ2n) is 7.93. The van der Waals surface area contributed by atoms with Crippen molar-refractivity contribution in [1.82, 2.24) is 10.9 Å². The summed E-state index contributed by atoms with van der Waals surface area (Å²) in [5, 5.41) is 0. The number of sulfonamides is 1. The van der Waals surface area contributed by atoms with Gasteiger partial charge < -0.3 is 4.74 Å². The molecule has 0 aliphatic heterocycles. The van der Waals surface area contributed by atoms with E-state index in [2.05, 4.69) is 10.9 Å². The first-order valence-corrected chi connectivity index (χ1v) is 12.6. The highest BCUT2D eigenvalue weighted by molar-refractivity contribution is 7.92. The lowest BCUT2D eigenvalue weighted by atomic mass is 10.1. The zero-order valence-electron chi connectivity index (χ0n) is 20.1. The minimum atomic E-state index is -3.90. The van der Waals surface area contributed by atoms with E-state index in [1.54, 1.807) is 50.2 Å². The van der Waals surface area contributed by atoms with Crippen LogP contribution in [-0.2, 0) is 14.8 Å². The molecule has 0 saturated carbocycles. The van der Waals surface area contributed by atoms with Crippen molar-refractivity contribution in [2.75, 3.05) is 10.8 Å². The fraction of sp³-hybridized carbons (Fsp3) is 0.231. The van der Waals surface area contributed by atoms with Crippen LogP contribution in [0.4, 0.5) is 5.69 Å². The summed E-state index contributed by atoms with van der Waals surface area (Å²) in [6.45, 7) is 7.37. The van der Waals surface area contributed by atoms with Crippen LogP contribution in [0.2, 0.25) is 0 Å². The Hall–Kier alpha value is -3.85. The topological polar surface area (TPSA) is 105 Å². The van der Waals surface area contributed by atoms with Crippen LogP contribution in [0, 0.1) is 13.8 Å². The lowest BCUT2D eigenvalue weighted by Gasteiger charge is -2.23. The number of nitrogens with zero attached hydrogens (tertiary/aromatic N) is 1. The Labute approximate surface area is 205 Å². The molecule has 0 radical (unpaired) electrons. The van der Waals surface area contributed by atoms with Gasteiger partial charge in [0, 0.05) is 12.1 Å². The van der Waals surface area contributed by atoms with Crippen molar-refractivity contribution >= 4 is 27.5 Å². The zero-order chi connectivity index (χ0) is 25.6. The molecular weight excluding hydrogens is 466 g/mol. The molecular formula is C26H29N3O5S. The second kappa shape index (κ2) is 11.1. The van der Waals surface area contributed by atoms with Gasteiger partial charge in [0.2, 0.25) is 0 Å². The van der Waals surface area contributed by atoms with Gasteiger partial charge in [-0.05, 0) is 75.2 Å². The first-order valence-electron chi connectivity index (χ1n) is 11.2. The van der Waals surface area contributed by atoms with Gasteiger partial charge >= 0.3 is 0 Å². The number of hydrogen-bond acceptors (Lipinski definition) is 5. The molecule has 0 aromatic heterocycles. The number of aryl methyl sites for hydroxylation is 1. The summed E-state index contributed by atoms with van der Waals surface area (Å²) in [4.78, 5) is 25.0. The molecule has 2 amide bonds. The third-order valence-electron chi connectivity index (χ3n) is 5.54. The number of carbonyl (C=O) groups is 2. The summed E-state index contributed by atoms with van der Waals surface area (Å²) in [7, 11) is -3.90. The molecule has 3 aromatic rings. The van der Waals surface area contributed by atoms with Crippen LogP contribution in [0.5, 0.6) is 5.75 Å². The van der Waals surface area contributed by atoms with Gasteiger partial charge in [0.1, 0.15) is 5.75 Å². The fourth-order valence-electron chi connectivity index (χ4n) is 3.40. The molecule has 3 rings (SSSR count). The largest absolute Gasteiger partial charge is 0.481 e. The molecule has 2 N–H and O–H groups in total. The predicted molar refractivity (Wildman–Crippen MR) is 135 cm³/mol. The second-order valence-corrected chi connectivity index (χ2v) is 9.80. The number of carbonyl (C=O) groups excluding carboxylic acids is 2. The normalized spacial score (nSPS) is 11.9. The average Bonchev–Trinajstić information content (AvgIpc) is 2.86. The molecule has 3 aromatic carbocycles. The smallest absolute Gasteiger partial charge is 0.279 e. The minimum Gasteiger partial charge on any atom is -0.481 e. The van der Waals surface area contributed by atoms with E-state index in [-0.39, 0.29) is 17.0 Å². The standard InChI is InChI=1S/C26H29N3O5S/c1-5-29(22-13-7-6-8-14-22)35(32,33)23-15-10-12-21(17-23)26(31)28-27-25(30)20(4)34-24-16-9-11-18(2)19(24)3/h6-17,20H,5H2,1-4H3,(H,27,30)(H,28,31). The number of hydrazine groups is 1. The van der Waals surface area contributed by atoms with Gasteiger partial charge in [-0.25, -0.2) is 8.42 Å². The highest BCUT2D eigenvalue weighted by Crippen LogP contribution is 2.24. The quantitative estimate of drug-likeness (QED) is 0.463. The number of rotatable bonds is 8. The number of nitrogens with one attached hydrogen (secondary N) is 2. The molecule has 8 nitrogen and oxygen atoms in total. The van der Waals surface area contributed by atoms with E-state index in [1.165, 1.54) is 28.6 Å². The number of benzene rings is 3. The summed E-state index contributed by atoms with van der Waals surface area (Å²) >= 11 is 0. The highest BCUT2D eigenvalue weighted by atomic mass is 32.2. The summed E-state index contributed by atoms with van der Waals surface area (Å²) < 4.78 is 33.4. The molecule has 9 heteroatoms. The van der Waals surface area contributed by atoms with E-state index in [9.17, 15) is 18.0 Å². The minimum absolute atomic E-state index is 0.0335. The Bertz CT molecular complexity index is 1310. The van der Waals surface area contributed by atoms with Gasteiger partial charge in [-0.1, -0.05) is 36.4 Å². The van der Waals surface area contributed by atoms with Crippen LogP contribution in [0.3, 0.4) is 0 Å². The van der Waals surface area contributed by atoms with E-state index in [0.29, 0.717) is 11.4 Å². The van der Waals surface area contributed by atoms with Crippen molar-refractivity contribution in [1.29, 1.82) is 0 Å². The SMILES string of the molecule is CCN(c1ccccc1)S(=O)(=O)c1cccc(C(=O)NNC(=O)C(C)Oc2cccc(C)c2C)c1. The monoisotopic (exact) mass is 495 g/mol. The maximum Gasteiger partial charge on any atom is 0.279 e. The number of anilines is 1. The van der Waals surface area contributed by atoms with E-state index in [1.807, 2.05) is 26.0 Å². The van der Waals surface area contributed by atoms with Crippen molar-refractivity contribution in [2.24, 2.45) is 0 Å². The van der Waals surface area contributed by atoms with E-state index < -0.39 is 27.9 Å². The molecule has 0 aliphatic carbocycles. The van der Waals surface area contributed by atoms with Gasteiger partial charge in [0.25, 0.3) is 21.8 Å². The number of amides is 2. The molecule has 0 bridgehead atoms. The molecule has 35 heavy (non-hydrogen) atoms. The Morgan fingerprint density at radius 1 is 0.943 bits per heavy atom. The lowest BCUT2D eigenvalue weighted by Crippen LogP contribution is -2.47. The molecule has 0 saturated heterocycles. The summed E-state index contributed by atoms with van der Waals surface area (Å²) in [5.74, 6) is -0.628. The first-order chi connectivity index (χ1) is 16.6. The fourth-order valence-corrected chi connectivity index (χ4v) is 4.92. The van der Waals surface area contributed by atoms with Crippen molar-refractivity contribution in [3.63, 3.8) is 0 Å². The van der Waals surface area contributed by atoms with Crippen molar-refractivity contribution in [3.8, 4) is 5.75 Å². The number of ether oxygens (including phenoxy) is 1. The van der Waals surface area contributed by atoms with Crippen molar-refractivity contribution in [2.45, 2.75) is 38.7 Å². The van der Waals surface area contributed by atoms with E-state index in [0.717, 1.165) is 11.1 Å². The van der Waals surface area contributed by atoms with E-state index >= 15 is 0 Å². The lowest BCUT2D eigenvalue weighted by molar-refractivity contribution is -0.128. The third kappa shape index (κ3) is 5.99. The van der Waals surface area contributed by atoms with Crippen LogP contribution in [-0.4, -0.2) is 32.9 Å². The summed E-state index contributed by atoms with van der Waals surface area (Å²) in [6, 6.07) is 19.9. The van der Waals surface area contributed by atoms with Crippen LogP contribution in [0.25, 0.3) is 0 Å². The molecule has 0 fully saturated rings. The molecule has 1 atom stereocenters. The van der Waals surface area contributed by atoms with Gasteiger partial charge in [0.15, 0.2) is 6.10 Å². The number of hydrogen-bond donors (Lipinski definition) is 2. The highest BCUT2D eigenvalue weighted by Gasteiger charge is 2.25. The predicted octanol–water partition coefficient (Wildman–Crippen LogP) is 3.75. The first kappa shape index (κ1) is 25.8. The Morgan fingerprint density at radius 2 is 1.63 bits per heavy atom. The third-order valence-corrected chi connectivity index (χ3v) is 7.44. The molecule has 0 spiro atoms. The Balaban J connectivity index is 1.68. The average molecular weight is 496 g/mol. The maximum absolute atomic E-state index is 13.2. The van der Waals surface area contributed by atoms with Crippen molar-refractivity contribution in [3.05, 3.63) is 89.5 Å². The molecule has 0 aliphatic rings. The van der Waals surface area contributed by atoms with Gasteiger partial charge in [-0.2, -0.15) is 0 Å². The van der Waals surface area contributed by atoms with Gasteiger partial charge in [0.05, 0.1) is 10.6 Å². The Kier molecular flexibility index (Phi) is 8.14. The van der Waals surface area contributed by atoms with Crippen LogP contribution >= 0.6 is 0 Å². The Morgan fingerprint density at radius 3 is 2.31 bits per heavy atom. The molecule has 184 valence electrons. The van der Waals surface area contributed by atoms with Crippen molar-refractivity contribution < 1.29 is 22.7 Å². The van der Waals surface area contributed by atoms with Crippen LogP contribution in [0.1, 0.15) is 35.3 Å². The summed E-state index contributed by atoms with van der Waals surface area (Å²) in [6.07, 6.45) is -0.869. The van der Waals surface area contributed by atoms with Gasteiger partial charge in [-0.3, -0.25) is 24.7 Å².